The van der Waals surface area contributed by atoms with E-state index in [4.69, 9.17) is 4.74 Å². The standard InChI is InChI=1S/C31H29NO3/c1-35-26-19-17-22(18-20-26)29-28(31(34)24-13-7-3-8-14-24)27(30(33)23-11-5-2-6-12-23)21-32(29)25-15-9-4-10-16-25/h2-3,5-8,11-14,17-21,25H,4,9-10,15-16H2,1H3. The number of benzene rings is 3. The summed E-state index contributed by atoms with van der Waals surface area (Å²) in [7, 11) is 1.64. The maximum atomic E-state index is 14.0. The molecule has 4 heteroatoms. The van der Waals surface area contributed by atoms with Crippen LogP contribution in [0.3, 0.4) is 0 Å². The number of methoxy groups -OCH3 is 1. The molecule has 0 N–H and O–H groups in total. The van der Waals surface area contributed by atoms with Crippen LogP contribution in [0.15, 0.2) is 91.1 Å². The van der Waals surface area contributed by atoms with Crippen molar-refractivity contribution in [1.29, 1.82) is 0 Å². The number of rotatable bonds is 7. The van der Waals surface area contributed by atoms with Crippen molar-refractivity contribution in [1.82, 2.24) is 4.57 Å². The highest BCUT2D eigenvalue weighted by atomic mass is 16.5. The van der Waals surface area contributed by atoms with Gasteiger partial charge in [-0.2, -0.15) is 0 Å². The van der Waals surface area contributed by atoms with Crippen LogP contribution in [0.25, 0.3) is 11.3 Å². The van der Waals surface area contributed by atoms with Crippen LogP contribution in [-0.4, -0.2) is 23.2 Å². The van der Waals surface area contributed by atoms with E-state index in [1.54, 1.807) is 7.11 Å². The minimum atomic E-state index is -0.134. The van der Waals surface area contributed by atoms with E-state index in [1.165, 1.54) is 6.42 Å². The third kappa shape index (κ3) is 4.57. The smallest absolute Gasteiger partial charge is 0.195 e. The Morgan fingerprint density at radius 2 is 1.31 bits per heavy atom. The molecule has 0 radical (unpaired) electrons. The van der Waals surface area contributed by atoms with Crippen LogP contribution in [0.4, 0.5) is 0 Å². The Morgan fingerprint density at radius 3 is 1.89 bits per heavy atom. The molecule has 5 rings (SSSR count). The number of ketones is 2. The first-order chi connectivity index (χ1) is 17.2. The average molecular weight is 464 g/mol. The summed E-state index contributed by atoms with van der Waals surface area (Å²) in [6, 6.07) is 26.5. The number of carbonyl (C=O) groups is 2. The molecule has 4 aromatic rings. The van der Waals surface area contributed by atoms with Gasteiger partial charge in [0.25, 0.3) is 0 Å². The molecule has 3 aromatic carbocycles. The lowest BCUT2D eigenvalue weighted by Crippen LogP contribution is -2.14. The topological polar surface area (TPSA) is 48.3 Å². The van der Waals surface area contributed by atoms with Gasteiger partial charge in [0.05, 0.1) is 23.9 Å². The molecule has 176 valence electrons. The molecule has 0 aliphatic heterocycles. The molecule has 0 bridgehead atoms. The van der Waals surface area contributed by atoms with E-state index in [0.717, 1.165) is 42.7 Å². The zero-order valence-corrected chi connectivity index (χ0v) is 19.9. The van der Waals surface area contributed by atoms with Crippen LogP contribution < -0.4 is 4.74 Å². The predicted octanol–water partition coefficient (Wildman–Crippen LogP) is 7.13. The highest BCUT2D eigenvalue weighted by Gasteiger charge is 2.31. The zero-order chi connectivity index (χ0) is 24.2. The van der Waals surface area contributed by atoms with Crippen molar-refractivity contribution >= 4 is 11.6 Å². The van der Waals surface area contributed by atoms with Gasteiger partial charge in [-0.25, -0.2) is 0 Å². The number of ether oxygens (including phenoxy) is 1. The Labute approximate surface area is 206 Å². The number of aromatic nitrogens is 1. The second-order valence-corrected chi connectivity index (χ2v) is 9.08. The SMILES string of the molecule is COc1ccc(-c2c(C(=O)c3ccccc3)c(C(=O)c3ccccc3)cn2C2CCCCC2)cc1. The fourth-order valence-electron chi connectivity index (χ4n) is 5.10. The zero-order valence-electron chi connectivity index (χ0n) is 19.9. The molecule has 4 nitrogen and oxygen atoms in total. The Kier molecular flexibility index (Phi) is 6.62. The van der Waals surface area contributed by atoms with Gasteiger partial charge in [0.1, 0.15) is 5.75 Å². The van der Waals surface area contributed by atoms with Crippen LogP contribution in [0.5, 0.6) is 5.75 Å². The number of hydrogen-bond donors (Lipinski definition) is 0. The first kappa shape index (κ1) is 22.9. The van der Waals surface area contributed by atoms with E-state index >= 15 is 0 Å². The van der Waals surface area contributed by atoms with Gasteiger partial charge in [0.2, 0.25) is 0 Å². The maximum Gasteiger partial charge on any atom is 0.195 e. The summed E-state index contributed by atoms with van der Waals surface area (Å²) in [5.74, 6) is 0.487. The van der Waals surface area contributed by atoms with Gasteiger partial charge in [-0.15, -0.1) is 0 Å². The van der Waals surface area contributed by atoms with E-state index in [2.05, 4.69) is 4.57 Å². The van der Waals surface area contributed by atoms with E-state index in [1.807, 2.05) is 91.1 Å². The molecule has 35 heavy (non-hydrogen) atoms. The second-order valence-electron chi connectivity index (χ2n) is 9.08. The molecule has 0 unspecified atom stereocenters. The molecule has 1 aromatic heterocycles. The Morgan fingerprint density at radius 1 is 0.743 bits per heavy atom. The molecule has 1 heterocycles. The Balaban J connectivity index is 1.76. The van der Waals surface area contributed by atoms with E-state index in [9.17, 15) is 9.59 Å². The highest BCUT2D eigenvalue weighted by molar-refractivity contribution is 6.22. The van der Waals surface area contributed by atoms with Crippen molar-refractivity contribution in [3.63, 3.8) is 0 Å². The molecular formula is C31H29NO3. The van der Waals surface area contributed by atoms with Gasteiger partial charge in [-0.1, -0.05) is 79.9 Å². The van der Waals surface area contributed by atoms with E-state index in [0.29, 0.717) is 22.3 Å². The summed E-state index contributed by atoms with van der Waals surface area (Å²) in [5, 5.41) is 0. The minimum absolute atomic E-state index is 0.130. The third-order valence-electron chi connectivity index (χ3n) is 6.91. The fraction of sp³-hybridized carbons (Fsp3) is 0.226. The summed E-state index contributed by atoms with van der Waals surface area (Å²) >= 11 is 0. The lowest BCUT2D eigenvalue weighted by molar-refractivity contribution is 0.100. The van der Waals surface area contributed by atoms with E-state index < -0.39 is 0 Å². The summed E-state index contributed by atoms with van der Waals surface area (Å²) in [5.41, 5.74) is 3.81. The number of nitrogens with zero attached hydrogens (tertiary/aromatic N) is 1. The van der Waals surface area contributed by atoms with E-state index in [-0.39, 0.29) is 17.6 Å². The molecular weight excluding hydrogens is 434 g/mol. The number of carbonyl (C=O) groups excluding carboxylic acids is 2. The van der Waals surface area contributed by atoms with Crippen molar-refractivity contribution in [3.05, 3.63) is 113 Å². The number of hydrogen-bond acceptors (Lipinski definition) is 3. The van der Waals surface area contributed by atoms with Crippen LogP contribution in [0, 0.1) is 0 Å². The van der Waals surface area contributed by atoms with Crippen LogP contribution in [0.2, 0.25) is 0 Å². The second kappa shape index (κ2) is 10.1. The van der Waals surface area contributed by atoms with Gasteiger partial charge in [0.15, 0.2) is 11.6 Å². The largest absolute Gasteiger partial charge is 0.497 e. The summed E-state index contributed by atoms with van der Waals surface area (Å²) in [6.45, 7) is 0. The molecule has 1 aliphatic carbocycles. The minimum Gasteiger partial charge on any atom is -0.497 e. The average Bonchev–Trinajstić information content (AvgIpc) is 3.34. The summed E-state index contributed by atoms with van der Waals surface area (Å²) in [6.07, 6.45) is 7.53. The van der Waals surface area contributed by atoms with Gasteiger partial charge in [-0.05, 0) is 42.7 Å². The molecule has 0 saturated heterocycles. The summed E-state index contributed by atoms with van der Waals surface area (Å²) < 4.78 is 7.57. The molecule has 1 fully saturated rings. The lowest BCUT2D eigenvalue weighted by atomic mass is 9.92. The first-order valence-corrected chi connectivity index (χ1v) is 12.3. The van der Waals surface area contributed by atoms with Crippen molar-refractivity contribution in [2.24, 2.45) is 0 Å². The fourth-order valence-corrected chi connectivity index (χ4v) is 5.10. The quantitative estimate of drug-likeness (QED) is 0.274. The van der Waals surface area contributed by atoms with Crippen molar-refractivity contribution < 1.29 is 14.3 Å². The molecule has 0 amide bonds. The lowest BCUT2D eigenvalue weighted by Gasteiger charge is -2.26. The molecule has 1 aliphatic rings. The summed E-state index contributed by atoms with van der Waals surface area (Å²) in [4.78, 5) is 27.8. The third-order valence-corrected chi connectivity index (χ3v) is 6.91. The van der Waals surface area contributed by atoms with Crippen LogP contribution in [-0.2, 0) is 0 Å². The Hall–Kier alpha value is -3.92. The van der Waals surface area contributed by atoms with Gasteiger partial charge < -0.3 is 9.30 Å². The van der Waals surface area contributed by atoms with Gasteiger partial charge in [-0.3, -0.25) is 9.59 Å². The maximum absolute atomic E-state index is 14.0. The first-order valence-electron chi connectivity index (χ1n) is 12.3. The van der Waals surface area contributed by atoms with Gasteiger partial charge >= 0.3 is 0 Å². The monoisotopic (exact) mass is 463 g/mol. The van der Waals surface area contributed by atoms with Crippen LogP contribution in [0.1, 0.15) is 70.0 Å². The predicted molar refractivity (Wildman–Crippen MR) is 138 cm³/mol. The molecule has 0 spiro atoms. The molecule has 0 atom stereocenters. The highest BCUT2D eigenvalue weighted by Crippen LogP contribution is 2.39. The van der Waals surface area contributed by atoms with Crippen molar-refractivity contribution in [3.8, 4) is 17.0 Å². The normalized spacial score (nSPS) is 14.0. The van der Waals surface area contributed by atoms with Gasteiger partial charge in [0, 0.05) is 23.4 Å². The van der Waals surface area contributed by atoms with Crippen LogP contribution >= 0.6 is 0 Å². The van der Waals surface area contributed by atoms with Crippen molar-refractivity contribution in [2.75, 3.05) is 7.11 Å². The Bertz CT molecular complexity index is 1320. The van der Waals surface area contributed by atoms with Crippen molar-refractivity contribution in [2.45, 2.75) is 38.1 Å². The molecule has 1 saturated carbocycles.